The molecule has 160 valence electrons. The van der Waals surface area contributed by atoms with Gasteiger partial charge in [-0.15, -0.1) is 11.3 Å². The molecule has 1 N–H and O–H groups in total. The molecule has 0 radical (unpaired) electrons. The summed E-state index contributed by atoms with van der Waals surface area (Å²) >= 11 is 1.58. The number of aliphatic hydroxyl groups excluding tert-OH is 1. The number of aliphatic hydroxyl groups is 1. The molecular formula is C24H31N3O2S. The molecule has 30 heavy (non-hydrogen) atoms. The highest BCUT2D eigenvalue weighted by molar-refractivity contribution is 7.10. The summed E-state index contributed by atoms with van der Waals surface area (Å²) in [6.07, 6.45) is 0.245. The van der Waals surface area contributed by atoms with Gasteiger partial charge in [-0.3, -0.25) is 9.69 Å². The maximum Gasteiger partial charge on any atom is 0.222 e. The molecule has 1 aliphatic rings. The molecule has 1 saturated heterocycles. The Balaban J connectivity index is 1.61. The van der Waals surface area contributed by atoms with Crippen molar-refractivity contribution in [2.75, 3.05) is 20.1 Å². The number of β-amino-alcohol motifs (C(OH)–C–C–N with tert-alkyl or cyclic N) is 1. The second kappa shape index (κ2) is 9.74. The third-order valence-corrected chi connectivity index (χ3v) is 7.38. The maximum absolute atomic E-state index is 13.0. The van der Waals surface area contributed by atoms with Crippen LogP contribution in [0.2, 0.25) is 0 Å². The zero-order valence-electron chi connectivity index (χ0n) is 18.0. The number of likely N-dealkylation sites (tertiary alicyclic amines) is 1. The van der Waals surface area contributed by atoms with Gasteiger partial charge >= 0.3 is 0 Å². The number of likely N-dealkylation sites (N-methyl/N-ethyl adjacent to an activating group) is 1. The lowest BCUT2D eigenvalue weighted by atomic mass is 9.73. The van der Waals surface area contributed by atoms with Crippen molar-refractivity contribution in [1.29, 1.82) is 5.26 Å². The second-order valence-corrected chi connectivity index (χ2v) is 9.50. The van der Waals surface area contributed by atoms with Crippen LogP contribution in [-0.4, -0.2) is 53.1 Å². The fraction of sp³-hybridized carbons (Fsp3) is 0.500. The van der Waals surface area contributed by atoms with Gasteiger partial charge in [-0.25, -0.2) is 0 Å². The minimum Gasteiger partial charge on any atom is -0.390 e. The van der Waals surface area contributed by atoms with Crippen molar-refractivity contribution in [1.82, 2.24) is 9.80 Å². The molecule has 0 saturated carbocycles. The molecular weight excluding hydrogens is 394 g/mol. The summed E-state index contributed by atoms with van der Waals surface area (Å²) in [5, 5.41) is 22.5. The van der Waals surface area contributed by atoms with Gasteiger partial charge in [0.25, 0.3) is 0 Å². The van der Waals surface area contributed by atoms with Crippen LogP contribution in [0.4, 0.5) is 0 Å². The lowest BCUT2D eigenvalue weighted by molar-refractivity contribution is -0.131. The van der Waals surface area contributed by atoms with Crippen molar-refractivity contribution in [2.24, 2.45) is 5.92 Å². The van der Waals surface area contributed by atoms with Crippen molar-refractivity contribution in [3.63, 3.8) is 0 Å². The minimum atomic E-state index is -0.647. The van der Waals surface area contributed by atoms with E-state index in [4.69, 9.17) is 0 Å². The van der Waals surface area contributed by atoms with Crippen LogP contribution in [0.25, 0.3) is 0 Å². The predicted octanol–water partition coefficient (Wildman–Crippen LogP) is 3.65. The first-order valence-electron chi connectivity index (χ1n) is 10.5. The van der Waals surface area contributed by atoms with E-state index in [9.17, 15) is 15.2 Å². The molecule has 1 aliphatic heterocycles. The van der Waals surface area contributed by atoms with Gasteiger partial charge in [0.05, 0.1) is 23.6 Å². The summed E-state index contributed by atoms with van der Waals surface area (Å²) in [6, 6.07) is 16.5. The van der Waals surface area contributed by atoms with Gasteiger partial charge in [-0.2, -0.15) is 5.26 Å². The molecule has 1 amide bonds. The van der Waals surface area contributed by atoms with Crippen LogP contribution in [0, 0.1) is 17.2 Å². The Morgan fingerprint density at radius 3 is 2.63 bits per heavy atom. The first-order valence-corrected chi connectivity index (χ1v) is 11.4. The van der Waals surface area contributed by atoms with E-state index in [2.05, 4.69) is 23.1 Å². The third kappa shape index (κ3) is 4.75. The second-order valence-electron chi connectivity index (χ2n) is 8.55. The van der Waals surface area contributed by atoms with E-state index in [1.807, 2.05) is 56.6 Å². The zero-order chi connectivity index (χ0) is 21.7. The smallest absolute Gasteiger partial charge is 0.222 e. The van der Waals surface area contributed by atoms with Gasteiger partial charge in [0.2, 0.25) is 5.91 Å². The number of amides is 1. The molecule has 1 aromatic heterocycles. The number of nitrogens with zero attached hydrogens (tertiary/aromatic N) is 3. The van der Waals surface area contributed by atoms with E-state index >= 15 is 0 Å². The maximum atomic E-state index is 13.0. The standard InChI is InChI=1S/C24H31N3O2S/c1-18(2)24(17-25,22-10-7-13-30-22)12-11-23(29)27-15-20(21(28)16-27)26(3)14-19-8-5-4-6-9-19/h4-10,13,18,20-21,28H,11-12,14-16H2,1-3H3. The van der Waals surface area contributed by atoms with Gasteiger partial charge < -0.3 is 10.0 Å². The normalized spacial score (nSPS) is 21.0. The molecule has 5 nitrogen and oxygen atoms in total. The molecule has 6 heteroatoms. The van der Waals surface area contributed by atoms with Crippen LogP contribution in [0.3, 0.4) is 0 Å². The summed E-state index contributed by atoms with van der Waals surface area (Å²) in [6.45, 7) is 5.68. The first kappa shape index (κ1) is 22.5. The summed E-state index contributed by atoms with van der Waals surface area (Å²) in [4.78, 5) is 17.9. The van der Waals surface area contributed by atoms with Gasteiger partial charge in [0, 0.05) is 30.9 Å². The largest absolute Gasteiger partial charge is 0.390 e. The number of hydrogen-bond acceptors (Lipinski definition) is 5. The number of benzene rings is 1. The number of carbonyl (C=O) groups is 1. The lowest BCUT2D eigenvalue weighted by Crippen LogP contribution is -2.40. The van der Waals surface area contributed by atoms with E-state index in [0.717, 1.165) is 11.4 Å². The highest BCUT2D eigenvalue weighted by atomic mass is 32.1. The Morgan fingerprint density at radius 1 is 1.30 bits per heavy atom. The van der Waals surface area contributed by atoms with Crippen LogP contribution in [0.15, 0.2) is 47.8 Å². The average Bonchev–Trinajstić information content (AvgIpc) is 3.39. The van der Waals surface area contributed by atoms with Crippen molar-refractivity contribution >= 4 is 17.2 Å². The van der Waals surface area contributed by atoms with E-state index in [1.165, 1.54) is 5.56 Å². The van der Waals surface area contributed by atoms with E-state index in [0.29, 0.717) is 25.9 Å². The molecule has 2 heterocycles. The van der Waals surface area contributed by atoms with Crippen LogP contribution >= 0.6 is 11.3 Å². The number of carbonyl (C=O) groups excluding carboxylic acids is 1. The zero-order valence-corrected chi connectivity index (χ0v) is 18.8. The van der Waals surface area contributed by atoms with Crippen LogP contribution in [0.1, 0.15) is 37.1 Å². The fourth-order valence-corrected chi connectivity index (χ4v) is 5.38. The molecule has 1 fully saturated rings. The predicted molar refractivity (Wildman–Crippen MR) is 120 cm³/mol. The molecule has 3 atom stereocenters. The topological polar surface area (TPSA) is 67.6 Å². The summed E-state index contributed by atoms with van der Waals surface area (Å²) in [5.74, 6) is 0.129. The van der Waals surface area contributed by atoms with E-state index < -0.39 is 11.5 Å². The summed E-state index contributed by atoms with van der Waals surface area (Å²) in [5.41, 5.74) is 0.537. The van der Waals surface area contributed by atoms with Crippen LogP contribution < -0.4 is 0 Å². The fourth-order valence-electron chi connectivity index (χ4n) is 4.33. The van der Waals surface area contributed by atoms with Crippen molar-refractivity contribution in [2.45, 2.75) is 50.8 Å². The Labute approximate surface area is 183 Å². The van der Waals surface area contributed by atoms with Crippen molar-refractivity contribution in [3.8, 4) is 6.07 Å². The SMILES string of the molecule is CC(C)C(C#N)(CCC(=O)N1CC(O)C(N(C)Cc2ccccc2)C1)c1cccs1. The average molecular weight is 426 g/mol. The quantitative estimate of drug-likeness (QED) is 0.701. The number of hydrogen-bond donors (Lipinski definition) is 1. The Bertz CT molecular complexity index is 862. The third-order valence-electron chi connectivity index (χ3n) is 6.33. The van der Waals surface area contributed by atoms with Crippen molar-refractivity contribution < 1.29 is 9.90 Å². The summed E-state index contributed by atoms with van der Waals surface area (Å²) < 4.78 is 0. The number of rotatable bonds is 8. The number of thiophene rings is 1. The highest BCUT2D eigenvalue weighted by Gasteiger charge is 2.40. The van der Waals surface area contributed by atoms with Crippen molar-refractivity contribution in [3.05, 3.63) is 58.3 Å². The molecule has 0 bridgehead atoms. The minimum absolute atomic E-state index is 0.0153. The Morgan fingerprint density at radius 2 is 2.03 bits per heavy atom. The Hall–Kier alpha value is -2.20. The first-order chi connectivity index (χ1) is 14.4. The molecule has 3 rings (SSSR count). The van der Waals surface area contributed by atoms with Gasteiger partial charge in [0.15, 0.2) is 0 Å². The Kier molecular flexibility index (Phi) is 7.30. The van der Waals surface area contributed by atoms with E-state index in [-0.39, 0.29) is 17.9 Å². The van der Waals surface area contributed by atoms with Gasteiger partial charge in [-0.05, 0) is 36.4 Å². The molecule has 3 unspecified atom stereocenters. The molecule has 0 spiro atoms. The molecule has 0 aliphatic carbocycles. The van der Waals surface area contributed by atoms with Gasteiger partial charge in [0.1, 0.15) is 0 Å². The molecule has 2 aromatic rings. The van der Waals surface area contributed by atoms with Gasteiger partial charge in [-0.1, -0.05) is 50.2 Å². The van der Waals surface area contributed by atoms with Crippen LogP contribution in [-0.2, 0) is 16.8 Å². The van der Waals surface area contributed by atoms with E-state index in [1.54, 1.807) is 16.2 Å². The highest BCUT2D eigenvalue weighted by Crippen LogP contribution is 2.39. The summed E-state index contributed by atoms with van der Waals surface area (Å²) in [7, 11) is 1.99. The monoisotopic (exact) mass is 425 g/mol. The lowest BCUT2D eigenvalue weighted by Gasteiger charge is -2.30. The van der Waals surface area contributed by atoms with Crippen LogP contribution in [0.5, 0.6) is 0 Å². The number of nitriles is 1. The molecule has 1 aromatic carbocycles.